The highest BCUT2D eigenvalue weighted by atomic mass is 35.5. The molecule has 0 saturated heterocycles. The van der Waals surface area contributed by atoms with E-state index < -0.39 is 23.6 Å². The fourth-order valence-electron chi connectivity index (χ4n) is 1.97. The number of rotatable bonds is 7. The highest BCUT2D eigenvalue weighted by molar-refractivity contribution is 8.01. The number of hydrogen-bond donors (Lipinski definition) is 1. The molecule has 11 heteroatoms. The van der Waals surface area contributed by atoms with E-state index in [1.54, 1.807) is 12.3 Å². The molecule has 0 saturated carbocycles. The monoisotopic (exact) mass is 438 g/mol. The molecule has 1 aromatic carbocycles. The lowest BCUT2D eigenvalue weighted by molar-refractivity contribution is -0.142. The van der Waals surface area contributed by atoms with E-state index in [-0.39, 0.29) is 29.5 Å². The molecule has 146 valence electrons. The summed E-state index contributed by atoms with van der Waals surface area (Å²) in [5.41, 5.74) is -0.864. The van der Waals surface area contributed by atoms with E-state index in [1.807, 2.05) is 0 Å². The summed E-state index contributed by atoms with van der Waals surface area (Å²) < 4.78 is 44.4. The van der Waals surface area contributed by atoms with E-state index in [0.29, 0.717) is 10.0 Å². The van der Waals surface area contributed by atoms with Crippen LogP contribution in [0.5, 0.6) is 0 Å². The second-order valence-corrected chi connectivity index (χ2v) is 7.63. The average Bonchev–Trinajstić information content (AvgIpc) is 3.01. The molecular formula is C16H14ClF3N2O3S2. The fraction of sp³-hybridized carbons (Fsp3) is 0.312. The van der Waals surface area contributed by atoms with Crippen LogP contribution in [0.25, 0.3) is 0 Å². The number of carbonyl (C=O) groups is 2. The van der Waals surface area contributed by atoms with Crippen LogP contribution in [0.4, 0.5) is 18.9 Å². The largest absolute Gasteiger partial charge is 0.466 e. The number of thiazole rings is 1. The van der Waals surface area contributed by atoms with Crippen LogP contribution in [-0.4, -0.2) is 29.2 Å². The van der Waals surface area contributed by atoms with Crippen molar-refractivity contribution in [2.24, 2.45) is 0 Å². The molecule has 0 fully saturated rings. The van der Waals surface area contributed by atoms with Crippen molar-refractivity contribution >= 4 is 52.3 Å². The van der Waals surface area contributed by atoms with Gasteiger partial charge in [-0.25, -0.2) is 4.98 Å². The molecule has 0 aliphatic heterocycles. The number of esters is 1. The lowest BCUT2D eigenvalue weighted by Crippen LogP contribution is -2.18. The number of thioether (sulfide) groups is 1. The molecule has 1 amide bonds. The van der Waals surface area contributed by atoms with Crippen LogP contribution >= 0.6 is 34.7 Å². The molecule has 0 aliphatic carbocycles. The van der Waals surface area contributed by atoms with Crippen LogP contribution in [0.15, 0.2) is 27.9 Å². The van der Waals surface area contributed by atoms with Gasteiger partial charge in [0.2, 0.25) is 5.91 Å². The summed E-state index contributed by atoms with van der Waals surface area (Å²) in [6, 6.07) is 3.13. The molecule has 0 bridgehead atoms. The third-order valence-electron chi connectivity index (χ3n) is 3.05. The Bertz CT molecular complexity index is 827. The molecule has 2 rings (SSSR count). The van der Waals surface area contributed by atoms with Gasteiger partial charge in [0.15, 0.2) is 4.34 Å². The van der Waals surface area contributed by atoms with Crippen molar-refractivity contribution in [3.8, 4) is 0 Å². The Morgan fingerprint density at radius 3 is 2.78 bits per heavy atom. The van der Waals surface area contributed by atoms with Gasteiger partial charge in [-0.05, 0) is 25.1 Å². The van der Waals surface area contributed by atoms with Crippen molar-refractivity contribution in [2.75, 3.05) is 17.7 Å². The number of benzene rings is 1. The first-order chi connectivity index (χ1) is 12.7. The van der Waals surface area contributed by atoms with Gasteiger partial charge in [-0.3, -0.25) is 9.59 Å². The van der Waals surface area contributed by atoms with Crippen LogP contribution in [0.3, 0.4) is 0 Å². The van der Waals surface area contributed by atoms with Gasteiger partial charge in [0.1, 0.15) is 0 Å². The maximum absolute atomic E-state index is 13.0. The van der Waals surface area contributed by atoms with Crippen LogP contribution in [0, 0.1) is 0 Å². The lowest BCUT2D eigenvalue weighted by Gasteiger charge is -2.13. The quantitative estimate of drug-likeness (QED) is 0.503. The number of amides is 1. The normalized spacial score (nSPS) is 11.3. The van der Waals surface area contributed by atoms with Crippen molar-refractivity contribution in [1.82, 2.24) is 4.98 Å². The minimum atomic E-state index is -4.64. The van der Waals surface area contributed by atoms with Gasteiger partial charge in [0.25, 0.3) is 0 Å². The number of halogens is 4. The maximum Gasteiger partial charge on any atom is 0.418 e. The third-order valence-corrected chi connectivity index (χ3v) is 5.35. The van der Waals surface area contributed by atoms with Crippen molar-refractivity contribution in [2.45, 2.75) is 23.9 Å². The van der Waals surface area contributed by atoms with Crippen LogP contribution in [0.2, 0.25) is 5.02 Å². The molecule has 1 aromatic heterocycles. The van der Waals surface area contributed by atoms with E-state index >= 15 is 0 Å². The molecular weight excluding hydrogens is 425 g/mol. The summed E-state index contributed by atoms with van der Waals surface area (Å²) >= 11 is 7.90. The molecule has 2 aromatic rings. The Morgan fingerprint density at radius 1 is 1.37 bits per heavy atom. The summed E-state index contributed by atoms with van der Waals surface area (Å²) in [6.45, 7) is 1.97. The summed E-state index contributed by atoms with van der Waals surface area (Å²) in [5.74, 6) is -1.15. The van der Waals surface area contributed by atoms with Crippen LogP contribution in [0.1, 0.15) is 18.2 Å². The van der Waals surface area contributed by atoms with Gasteiger partial charge in [-0.1, -0.05) is 23.4 Å². The molecule has 5 nitrogen and oxygen atoms in total. The summed E-state index contributed by atoms with van der Waals surface area (Å²) in [5, 5.41) is 3.82. The first kappa shape index (κ1) is 21.5. The van der Waals surface area contributed by atoms with Gasteiger partial charge in [0, 0.05) is 10.4 Å². The number of anilines is 1. The SMILES string of the molecule is CCOC(=O)Cc1csc(SCC(=O)Nc2ccc(Cl)cc2C(F)(F)F)n1. The van der Waals surface area contributed by atoms with E-state index in [4.69, 9.17) is 16.3 Å². The maximum atomic E-state index is 13.0. The Hall–Kier alpha value is -1.78. The van der Waals surface area contributed by atoms with E-state index in [9.17, 15) is 22.8 Å². The number of aromatic nitrogens is 1. The van der Waals surface area contributed by atoms with E-state index in [2.05, 4.69) is 10.3 Å². The van der Waals surface area contributed by atoms with Gasteiger partial charge in [0.05, 0.1) is 35.7 Å². The summed E-state index contributed by atoms with van der Waals surface area (Å²) in [7, 11) is 0. The first-order valence-electron chi connectivity index (χ1n) is 7.58. The molecule has 27 heavy (non-hydrogen) atoms. The highest BCUT2D eigenvalue weighted by Gasteiger charge is 2.34. The second-order valence-electron chi connectivity index (χ2n) is 5.11. The number of carbonyl (C=O) groups excluding carboxylic acids is 2. The van der Waals surface area contributed by atoms with Crippen molar-refractivity contribution in [1.29, 1.82) is 0 Å². The molecule has 0 spiro atoms. The standard InChI is InChI=1S/C16H14ClF3N2O3S2/c1-2-25-14(24)6-10-7-26-15(21-10)27-8-13(23)22-12-4-3-9(17)5-11(12)16(18,19)20/h3-5,7H,2,6,8H2,1H3,(H,22,23). The number of nitrogens with one attached hydrogen (secondary N) is 1. The van der Waals surface area contributed by atoms with E-state index in [0.717, 1.165) is 23.9 Å². The van der Waals surface area contributed by atoms with Crippen LogP contribution in [-0.2, 0) is 26.9 Å². The summed E-state index contributed by atoms with van der Waals surface area (Å²) in [4.78, 5) is 27.6. The van der Waals surface area contributed by atoms with Gasteiger partial charge in [-0.15, -0.1) is 11.3 Å². The third kappa shape index (κ3) is 6.71. The lowest BCUT2D eigenvalue weighted by atomic mass is 10.1. The Kier molecular flexibility index (Phi) is 7.51. The van der Waals surface area contributed by atoms with Gasteiger partial charge >= 0.3 is 12.1 Å². The molecule has 1 N–H and O–H groups in total. The molecule has 1 heterocycles. The Morgan fingerprint density at radius 2 is 2.11 bits per heavy atom. The number of hydrogen-bond acceptors (Lipinski definition) is 6. The molecule has 0 atom stereocenters. The number of ether oxygens (including phenoxy) is 1. The minimum absolute atomic E-state index is 0.0246. The number of nitrogens with zero attached hydrogens (tertiary/aromatic N) is 1. The Balaban J connectivity index is 1.94. The molecule has 0 unspecified atom stereocenters. The van der Waals surface area contributed by atoms with Crippen LogP contribution < -0.4 is 5.32 Å². The molecule has 0 aliphatic rings. The highest BCUT2D eigenvalue weighted by Crippen LogP contribution is 2.36. The Labute approximate surface area is 166 Å². The average molecular weight is 439 g/mol. The summed E-state index contributed by atoms with van der Waals surface area (Å²) in [6.07, 6.45) is -4.62. The smallest absolute Gasteiger partial charge is 0.418 e. The van der Waals surface area contributed by atoms with E-state index in [1.165, 1.54) is 17.4 Å². The number of alkyl halides is 3. The van der Waals surface area contributed by atoms with Gasteiger partial charge in [-0.2, -0.15) is 13.2 Å². The zero-order valence-electron chi connectivity index (χ0n) is 13.9. The first-order valence-corrected chi connectivity index (χ1v) is 9.82. The second kappa shape index (κ2) is 9.43. The molecule has 0 radical (unpaired) electrons. The van der Waals surface area contributed by atoms with Gasteiger partial charge < -0.3 is 10.1 Å². The predicted octanol–water partition coefficient (Wildman–Crippen LogP) is 4.65. The topological polar surface area (TPSA) is 68.3 Å². The minimum Gasteiger partial charge on any atom is -0.466 e. The van der Waals surface area contributed by atoms with Crippen molar-refractivity contribution < 1.29 is 27.5 Å². The predicted molar refractivity (Wildman–Crippen MR) is 98.3 cm³/mol. The van der Waals surface area contributed by atoms with Crippen molar-refractivity contribution in [3.63, 3.8) is 0 Å². The van der Waals surface area contributed by atoms with Crippen molar-refractivity contribution in [3.05, 3.63) is 39.9 Å². The zero-order chi connectivity index (χ0) is 20.0. The fourth-order valence-corrected chi connectivity index (χ4v) is 3.79. The zero-order valence-corrected chi connectivity index (χ0v) is 16.3.